The van der Waals surface area contributed by atoms with Gasteiger partial charge in [0.25, 0.3) is 10.0 Å². The van der Waals surface area contributed by atoms with E-state index < -0.39 is 10.0 Å². The summed E-state index contributed by atoms with van der Waals surface area (Å²) in [5, 5.41) is 2.49. The van der Waals surface area contributed by atoms with E-state index in [9.17, 15) is 8.42 Å². The summed E-state index contributed by atoms with van der Waals surface area (Å²) in [6.45, 7) is 0. The molecule has 2 aromatic rings. The SMILES string of the molecule is O=S(=O)(Nc1nc(C2CCCCC2)cs1)c1ccc(C2CCCCC2)cc1. The highest BCUT2D eigenvalue weighted by Crippen LogP contribution is 2.35. The van der Waals surface area contributed by atoms with Crippen LogP contribution in [0, 0.1) is 0 Å². The maximum atomic E-state index is 12.7. The topological polar surface area (TPSA) is 59.1 Å². The smallest absolute Gasteiger partial charge is 0.255 e. The van der Waals surface area contributed by atoms with E-state index in [1.165, 1.54) is 81.1 Å². The predicted octanol–water partition coefficient (Wildman–Crippen LogP) is 6.04. The van der Waals surface area contributed by atoms with Crippen LogP contribution in [0.1, 0.15) is 87.3 Å². The van der Waals surface area contributed by atoms with Crippen molar-refractivity contribution in [2.45, 2.75) is 80.9 Å². The van der Waals surface area contributed by atoms with E-state index in [2.05, 4.69) is 9.71 Å². The minimum atomic E-state index is -3.58. The number of hydrogen-bond donors (Lipinski definition) is 1. The summed E-state index contributed by atoms with van der Waals surface area (Å²) >= 11 is 1.39. The largest absolute Gasteiger partial charge is 0.263 e. The molecule has 1 aromatic carbocycles. The molecule has 0 saturated heterocycles. The van der Waals surface area contributed by atoms with Crippen LogP contribution in [0.2, 0.25) is 0 Å². The van der Waals surface area contributed by atoms with Gasteiger partial charge >= 0.3 is 0 Å². The van der Waals surface area contributed by atoms with Crippen molar-refractivity contribution in [2.24, 2.45) is 0 Å². The number of thiazole rings is 1. The fourth-order valence-corrected chi connectivity index (χ4v) is 6.49. The standard InChI is InChI=1S/C21H28N2O2S2/c24-27(25,19-13-11-17(12-14-19)16-7-3-1-4-8-16)23-21-22-20(15-26-21)18-9-5-2-6-10-18/h11-16,18H,1-10H2,(H,22,23). The number of benzene rings is 1. The average Bonchev–Trinajstić information content (AvgIpc) is 3.17. The second-order valence-corrected chi connectivity index (χ2v) is 10.5. The lowest BCUT2D eigenvalue weighted by molar-refractivity contribution is 0.438. The normalized spacial score (nSPS) is 19.9. The summed E-state index contributed by atoms with van der Waals surface area (Å²) in [7, 11) is -3.58. The van der Waals surface area contributed by atoms with Crippen LogP contribution < -0.4 is 4.72 Å². The molecule has 0 amide bonds. The first-order valence-corrected chi connectivity index (χ1v) is 12.6. The van der Waals surface area contributed by atoms with E-state index in [-0.39, 0.29) is 0 Å². The number of nitrogens with zero attached hydrogens (tertiary/aromatic N) is 1. The molecule has 0 unspecified atom stereocenters. The lowest BCUT2D eigenvalue weighted by atomic mass is 9.84. The van der Waals surface area contributed by atoms with Crippen molar-refractivity contribution < 1.29 is 8.42 Å². The Morgan fingerprint density at radius 3 is 2.07 bits per heavy atom. The monoisotopic (exact) mass is 404 g/mol. The molecule has 1 N–H and O–H groups in total. The van der Waals surface area contributed by atoms with Gasteiger partial charge in [0, 0.05) is 11.3 Å². The minimum Gasteiger partial charge on any atom is -0.255 e. The van der Waals surface area contributed by atoms with E-state index in [1.807, 2.05) is 17.5 Å². The van der Waals surface area contributed by atoms with Crippen LogP contribution in [0.3, 0.4) is 0 Å². The highest BCUT2D eigenvalue weighted by atomic mass is 32.2. The molecule has 0 aliphatic heterocycles. The van der Waals surface area contributed by atoms with E-state index in [1.54, 1.807) is 12.1 Å². The van der Waals surface area contributed by atoms with Gasteiger partial charge < -0.3 is 0 Å². The molecule has 1 heterocycles. The average molecular weight is 405 g/mol. The lowest BCUT2D eigenvalue weighted by Gasteiger charge is -2.22. The molecule has 6 heteroatoms. The van der Waals surface area contributed by atoms with Crippen molar-refractivity contribution in [3.63, 3.8) is 0 Å². The fourth-order valence-electron chi connectivity index (χ4n) is 4.45. The molecular weight excluding hydrogens is 376 g/mol. The molecular formula is C21H28N2O2S2. The zero-order valence-corrected chi connectivity index (χ0v) is 17.3. The zero-order valence-electron chi connectivity index (χ0n) is 15.7. The lowest BCUT2D eigenvalue weighted by Crippen LogP contribution is -2.13. The van der Waals surface area contributed by atoms with Crippen LogP contribution >= 0.6 is 11.3 Å². The molecule has 0 atom stereocenters. The number of nitrogens with one attached hydrogen (secondary N) is 1. The summed E-state index contributed by atoms with van der Waals surface area (Å²) in [5.41, 5.74) is 2.31. The van der Waals surface area contributed by atoms with Crippen molar-refractivity contribution in [3.05, 3.63) is 40.9 Å². The van der Waals surface area contributed by atoms with E-state index in [0.29, 0.717) is 21.9 Å². The summed E-state index contributed by atoms with van der Waals surface area (Å²) in [6, 6.07) is 7.45. The maximum Gasteiger partial charge on any atom is 0.263 e. The predicted molar refractivity (Wildman–Crippen MR) is 111 cm³/mol. The van der Waals surface area contributed by atoms with Crippen molar-refractivity contribution in [3.8, 4) is 0 Å². The first kappa shape index (κ1) is 18.9. The minimum absolute atomic E-state index is 0.316. The number of anilines is 1. The Labute approximate surface area is 166 Å². The van der Waals surface area contributed by atoms with Crippen molar-refractivity contribution in [1.82, 2.24) is 4.98 Å². The van der Waals surface area contributed by atoms with Crippen molar-refractivity contribution in [1.29, 1.82) is 0 Å². The third-order valence-corrected chi connectivity index (χ3v) is 8.29. The van der Waals surface area contributed by atoms with Gasteiger partial charge in [-0.1, -0.05) is 50.7 Å². The van der Waals surface area contributed by atoms with Gasteiger partial charge in [-0.15, -0.1) is 11.3 Å². The third-order valence-electron chi connectivity index (χ3n) is 6.03. The van der Waals surface area contributed by atoms with Crippen molar-refractivity contribution >= 4 is 26.5 Å². The van der Waals surface area contributed by atoms with Crippen LogP contribution in [0.4, 0.5) is 5.13 Å². The first-order chi connectivity index (χ1) is 13.1. The molecule has 0 spiro atoms. The van der Waals surface area contributed by atoms with Crippen LogP contribution in [0.5, 0.6) is 0 Å². The number of rotatable bonds is 5. The Bertz CT molecular complexity index is 847. The number of sulfonamides is 1. The fraction of sp³-hybridized carbons (Fsp3) is 0.571. The van der Waals surface area contributed by atoms with Gasteiger partial charge in [-0.2, -0.15) is 0 Å². The molecule has 0 bridgehead atoms. The van der Waals surface area contributed by atoms with Gasteiger partial charge in [0.1, 0.15) is 0 Å². The van der Waals surface area contributed by atoms with Gasteiger partial charge in [-0.3, -0.25) is 4.72 Å². The molecule has 2 fully saturated rings. The first-order valence-electron chi connectivity index (χ1n) is 10.2. The Morgan fingerprint density at radius 2 is 1.44 bits per heavy atom. The van der Waals surface area contributed by atoms with Gasteiger partial charge in [0.05, 0.1) is 10.6 Å². The molecule has 2 aliphatic rings. The van der Waals surface area contributed by atoms with E-state index >= 15 is 0 Å². The highest BCUT2D eigenvalue weighted by molar-refractivity contribution is 7.93. The third kappa shape index (κ3) is 4.54. The summed E-state index contributed by atoms with van der Waals surface area (Å²) in [6.07, 6.45) is 12.4. The molecule has 4 nitrogen and oxygen atoms in total. The molecule has 4 rings (SSSR count). The van der Waals surface area contributed by atoms with Crippen LogP contribution in [0.25, 0.3) is 0 Å². The molecule has 2 saturated carbocycles. The van der Waals surface area contributed by atoms with Crippen LogP contribution in [-0.2, 0) is 10.0 Å². The van der Waals surface area contributed by atoms with Gasteiger partial charge in [0.2, 0.25) is 0 Å². The number of aromatic nitrogens is 1. The zero-order chi connectivity index (χ0) is 18.7. The van der Waals surface area contributed by atoms with Crippen LogP contribution in [-0.4, -0.2) is 13.4 Å². The molecule has 0 radical (unpaired) electrons. The summed E-state index contributed by atoms with van der Waals surface area (Å²) in [5.74, 6) is 1.07. The molecule has 146 valence electrons. The highest BCUT2D eigenvalue weighted by Gasteiger charge is 2.21. The Hall–Kier alpha value is -1.40. The van der Waals surface area contributed by atoms with Crippen LogP contribution in [0.15, 0.2) is 34.5 Å². The summed E-state index contributed by atoms with van der Waals surface area (Å²) < 4.78 is 28.1. The van der Waals surface area contributed by atoms with Gasteiger partial charge in [-0.25, -0.2) is 13.4 Å². The Kier molecular flexibility index (Phi) is 5.83. The van der Waals surface area contributed by atoms with Crippen molar-refractivity contribution in [2.75, 3.05) is 4.72 Å². The maximum absolute atomic E-state index is 12.7. The van der Waals surface area contributed by atoms with E-state index in [0.717, 1.165) is 5.69 Å². The molecule has 1 aromatic heterocycles. The summed E-state index contributed by atoms with van der Waals surface area (Å²) in [4.78, 5) is 4.88. The molecule has 27 heavy (non-hydrogen) atoms. The second kappa shape index (κ2) is 8.31. The Balaban J connectivity index is 1.44. The quantitative estimate of drug-likeness (QED) is 0.661. The van der Waals surface area contributed by atoms with E-state index in [4.69, 9.17) is 0 Å². The number of hydrogen-bond acceptors (Lipinski definition) is 4. The second-order valence-electron chi connectivity index (χ2n) is 7.92. The molecule has 2 aliphatic carbocycles. The van der Waals surface area contributed by atoms with Gasteiger partial charge in [0.15, 0.2) is 5.13 Å². The van der Waals surface area contributed by atoms with Gasteiger partial charge in [-0.05, 0) is 49.3 Å². The Morgan fingerprint density at radius 1 is 0.852 bits per heavy atom.